The van der Waals surface area contributed by atoms with Gasteiger partial charge in [-0.15, -0.1) is 5.06 Å². The van der Waals surface area contributed by atoms with Gasteiger partial charge in [0.1, 0.15) is 12.2 Å². The van der Waals surface area contributed by atoms with Gasteiger partial charge in [-0.05, 0) is 64.2 Å². The molecule has 0 spiro atoms. The maximum Gasteiger partial charge on any atom is 0.408 e. The fraction of sp³-hybridized carbons (Fsp3) is 0.500. The largest absolute Gasteiger partial charge is 0.462 e. The molecule has 0 radical (unpaired) electrons. The summed E-state index contributed by atoms with van der Waals surface area (Å²) in [5, 5.41) is 5.11. The molecular weight excluding hydrogens is 499 g/mol. The van der Waals surface area contributed by atoms with Crippen LogP contribution < -0.4 is 10.1 Å². The quantitative estimate of drug-likeness (QED) is 0.417. The van der Waals surface area contributed by atoms with Gasteiger partial charge in [-0.1, -0.05) is 11.6 Å². The summed E-state index contributed by atoms with van der Waals surface area (Å²) in [5.41, 5.74) is -1.91. The minimum atomic E-state index is -4.50. The Morgan fingerprint density at radius 1 is 1.25 bits per heavy atom. The molecule has 2 aromatic rings. The van der Waals surface area contributed by atoms with Crippen molar-refractivity contribution in [3.05, 3.63) is 53.4 Å². The first-order valence-electron chi connectivity index (χ1n) is 11.6. The topological polar surface area (TPSA) is 88.9 Å². The molecule has 2 aliphatic heterocycles. The van der Waals surface area contributed by atoms with Gasteiger partial charge in [-0.3, -0.25) is 9.78 Å². The third-order valence-electron chi connectivity index (χ3n) is 6.22. The van der Waals surface area contributed by atoms with Crippen LogP contribution in [0.15, 0.2) is 47.8 Å². The molecule has 194 valence electrons. The van der Waals surface area contributed by atoms with Gasteiger partial charge in [-0.25, -0.2) is 9.98 Å². The summed E-state index contributed by atoms with van der Waals surface area (Å²) < 4.78 is 44.8. The normalized spacial score (nSPS) is 22.8. The van der Waals surface area contributed by atoms with Crippen LogP contribution in [0.4, 0.5) is 13.2 Å². The summed E-state index contributed by atoms with van der Waals surface area (Å²) in [6.45, 7) is 1.83. The van der Waals surface area contributed by atoms with Gasteiger partial charge in [0.2, 0.25) is 11.8 Å². The van der Waals surface area contributed by atoms with Crippen LogP contribution in [0.1, 0.15) is 51.5 Å². The highest BCUT2D eigenvalue weighted by atomic mass is 35.5. The number of hydroxylamine groups is 2. The molecule has 2 bridgehead atoms. The Kier molecular flexibility index (Phi) is 7.42. The molecular formula is C24H27ClF3N5O3. The Hall–Kier alpha value is -2.92. The van der Waals surface area contributed by atoms with Crippen molar-refractivity contribution in [3.8, 4) is 5.88 Å². The van der Waals surface area contributed by atoms with Crippen LogP contribution in [0, 0.1) is 0 Å². The number of hydrogen-bond donors (Lipinski definition) is 1. The Morgan fingerprint density at radius 2 is 2.06 bits per heavy atom. The fourth-order valence-electron chi connectivity index (χ4n) is 4.46. The zero-order valence-electron chi connectivity index (χ0n) is 19.9. The summed E-state index contributed by atoms with van der Waals surface area (Å²) >= 11 is 5.87. The van der Waals surface area contributed by atoms with E-state index in [1.54, 1.807) is 43.2 Å². The number of piperidine rings is 1. The molecule has 0 aromatic carbocycles. The average molecular weight is 526 g/mol. The SMILES string of the molecule is CC(C)(Oc1ccc(Cl)cn1)C(=O)NC12CCCC(CC1)N2OC(=NCC(F)(F)F)c1cccnc1. The minimum Gasteiger partial charge on any atom is -0.462 e. The van der Waals surface area contributed by atoms with Crippen LogP contribution in [0.3, 0.4) is 0 Å². The first-order valence-corrected chi connectivity index (χ1v) is 12.0. The van der Waals surface area contributed by atoms with Crippen molar-refractivity contribution in [3.63, 3.8) is 0 Å². The van der Waals surface area contributed by atoms with Gasteiger partial charge in [0, 0.05) is 30.7 Å². The van der Waals surface area contributed by atoms with Crippen molar-refractivity contribution in [1.82, 2.24) is 20.3 Å². The Bertz CT molecular complexity index is 1090. The van der Waals surface area contributed by atoms with Crippen molar-refractivity contribution < 1.29 is 27.5 Å². The van der Waals surface area contributed by atoms with Gasteiger partial charge < -0.3 is 14.9 Å². The molecule has 2 unspecified atom stereocenters. The monoisotopic (exact) mass is 525 g/mol. The molecule has 2 saturated heterocycles. The van der Waals surface area contributed by atoms with E-state index in [4.69, 9.17) is 21.2 Å². The van der Waals surface area contributed by atoms with Crippen molar-refractivity contribution in [1.29, 1.82) is 0 Å². The zero-order chi connectivity index (χ0) is 26.0. The van der Waals surface area contributed by atoms with E-state index in [-0.39, 0.29) is 17.8 Å². The summed E-state index contributed by atoms with van der Waals surface area (Å²) in [5.74, 6) is -0.379. The zero-order valence-corrected chi connectivity index (χ0v) is 20.6. The maximum atomic E-state index is 13.4. The van der Waals surface area contributed by atoms with Gasteiger partial charge in [-0.2, -0.15) is 13.2 Å². The van der Waals surface area contributed by atoms with E-state index < -0.39 is 29.9 Å². The molecule has 2 aliphatic rings. The van der Waals surface area contributed by atoms with Gasteiger partial charge >= 0.3 is 6.18 Å². The molecule has 1 N–H and O–H groups in total. The highest BCUT2D eigenvalue weighted by Gasteiger charge is 2.53. The van der Waals surface area contributed by atoms with Crippen LogP contribution in [-0.2, 0) is 9.63 Å². The number of pyridine rings is 2. The molecule has 8 nitrogen and oxygen atoms in total. The molecule has 0 saturated carbocycles. The molecule has 4 heterocycles. The molecule has 2 atom stereocenters. The number of amides is 1. The third kappa shape index (κ3) is 6.07. The first kappa shape index (κ1) is 26.2. The van der Waals surface area contributed by atoms with E-state index in [2.05, 4.69) is 20.3 Å². The van der Waals surface area contributed by atoms with Crippen LogP contribution in [0.2, 0.25) is 5.02 Å². The number of nitrogens with one attached hydrogen (secondary N) is 1. The highest BCUT2D eigenvalue weighted by Crippen LogP contribution is 2.43. The molecule has 2 fully saturated rings. The molecule has 0 aliphatic carbocycles. The summed E-state index contributed by atoms with van der Waals surface area (Å²) in [4.78, 5) is 31.2. The number of carbonyl (C=O) groups excluding carboxylic acids is 1. The lowest BCUT2D eigenvalue weighted by Crippen LogP contribution is -2.64. The minimum absolute atomic E-state index is 0.0891. The van der Waals surface area contributed by atoms with Crippen LogP contribution >= 0.6 is 11.6 Å². The van der Waals surface area contributed by atoms with Crippen LogP contribution in [0.25, 0.3) is 0 Å². The molecule has 4 rings (SSSR count). The highest BCUT2D eigenvalue weighted by molar-refractivity contribution is 6.30. The Balaban J connectivity index is 1.56. The van der Waals surface area contributed by atoms with E-state index in [0.717, 1.165) is 12.8 Å². The molecule has 12 heteroatoms. The summed E-state index contributed by atoms with van der Waals surface area (Å²) in [6, 6.07) is 6.25. The number of alkyl halides is 3. The van der Waals surface area contributed by atoms with E-state index in [0.29, 0.717) is 29.8 Å². The Labute approximate surface area is 211 Å². The lowest BCUT2D eigenvalue weighted by Gasteiger charge is -2.44. The second-order valence-corrected chi connectivity index (χ2v) is 9.83. The third-order valence-corrected chi connectivity index (χ3v) is 6.44. The van der Waals surface area contributed by atoms with Gasteiger partial charge in [0.05, 0.1) is 10.6 Å². The number of aromatic nitrogens is 2. The van der Waals surface area contributed by atoms with Crippen LogP contribution in [0.5, 0.6) is 5.88 Å². The second kappa shape index (κ2) is 10.2. The molecule has 1 amide bonds. The first-order chi connectivity index (χ1) is 17.0. The average Bonchev–Trinajstić information content (AvgIpc) is 3.00. The lowest BCUT2D eigenvalue weighted by atomic mass is 9.97. The van der Waals surface area contributed by atoms with Crippen molar-refractivity contribution >= 4 is 23.4 Å². The number of ether oxygens (including phenoxy) is 1. The number of rotatable bonds is 7. The number of hydrogen-bond acceptors (Lipinski definition) is 7. The lowest BCUT2D eigenvalue weighted by molar-refractivity contribution is -0.194. The molecule has 2 aromatic heterocycles. The predicted molar refractivity (Wildman–Crippen MR) is 126 cm³/mol. The van der Waals surface area contributed by atoms with Crippen LogP contribution in [-0.4, -0.2) is 56.9 Å². The smallest absolute Gasteiger partial charge is 0.408 e. The summed E-state index contributed by atoms with van der Waals surface area (Å²) in [7, 11) is 0. The van der Waals surface area contributed by atoms with E-state index in [1.807, 2.05) is 0 Å². The second-order valence-electron chi connectivity index (χ2n) is 9.39. The Morgan fingerprint density at radius 3 is 2.72 bits per heavy atom. The van der Waals surface area contributed by atoms with Crippen molar-refractivity contribution in [2.24, 2.45) is 4.99 Å². The van der Waals surface area contributed by atoms with Crippen molar-refractivity contribution in [2.75, 3.05) is 6.54 Å². The number of carbonyl (C=O) groups is 1. The van der Waals surface area contributed by atoms with E-state index >= 15 is 0 Å². The standard InChI is InChI=1S/C24H27ClF3N5O3/c1-22(2,35-19-8-7-17(25)14-30-19)21(34)32-23-10-3-6-18(9-11-23)33(23)36-20(31-15-24(26,27)28)16-5-4-12-29-13-16/h4-5,7-8,12-14,18H,3,6,9-11,15H2,1-2H3,(H,32,34). The molecule has 36 heavy (non-hydrogen) atoms. The number of nitrogens with zero attached hydrogens (tertiary/aromatic N) is 4. The number of fused-ring (bicyclic) bond motifs is 2. The van der Waals surface area contributed by atoms with Gasteiger partial charge in [0.25, 0.3) is 5.91 Å². The van der Waals surface area contributed by atoms with Gasteiger partial charge in [0.15, 0.2) is 5.60 Å². The fourth-order valence-corrected chi connectivity index (χ4v) is 4.57. The summed E-state index contributed by atoms with van der Waals surface area (Å²) in [6.07, 6.45) is 3.26. The number of halogens is 4. The van der Waals surface area contributed by atoms with E-state index in [9.17, 15) is 18.0 Å². The number of aliphatic imine (C=N–C) groups is 1. The van der Waals surface area contributed by atoms with Crippen molar-refractivity contribution in [2.45, 2.75) is 69.4 Å². The predicted octanol–water partition coefficient (Wildman–Crippen LogP) is 4.69. The maximum absolute atomic E-state index is 13.4. The van der Waals surface area contributed by atoms with E-state index in [1.165, 1.54) is 18.6 Å².